The lowest BCUT2D eigenvalue weighted by Crippen LogP contribution is -2.44. The van der Waals surface area contributed by atoms with E-state index in [0.717, 1.165) is 32.6 Å². The Morgan fingerprint density at radius 1 is 1.15 bits per heavy atom. The summed E-state index contributed by atoms with van der Waals surface area (Å²) < 4.78 is 5.54. The molecule has 0 aromatic heterocycles. The normalized spacial score (nSPS) is 22.1. The molecule has 2 aliphatic heterocycles. The number of hydrogen-bond acceptors (Lipinski definition) is 4. The van der Waals surface area contributed by atoms with Crippen molar-refractivity contribution in [2.24, 2.45) is 0 Å². The number of carbonyl (C=O) groups is 2. The lowest BCUT2D eigenvalue weighted by molar-refractivity contribution is -0.152. The molecule has 0 aromatic rings. The summed E-state index contributed by atoms with van der Waals surface area (Å²) in [4.78, 5) is 27.5. The molecular formula is C15H26N2O3. The minimum atomic E-state index is -0.178. The van der Waals surface area contributed by atoms with Gasteiger partial charge in [0.15, 0.2) is 0 Å². The Bertz CT molecular complexity index is 340. The maximum Gasteiger partial charge on any atom is 0.305 e. The molecule has 1 amide bonds. The van der Waals surface area contributed by atoms with E-state index in [2.05, 4.69) is 4.90 Å². The number of carbonyl (C=O) groups excluding carboxylic acids is 2. The fourth-order valence-electron chi connectivity index (χ4n) is 2.97. The average molecular weight is 282 g/mol. The van der Waals surface area contributed by atoms with Crippen LogP contribution in [0.4, 0.5) is 0 Å². The van der Waals surface area contributed by atoms with Gasteiger partial charge in [0.25, 0.3) is 0 Å². The van der Waals surface area contributed by atoms with Gasteiger partial charge >= 0.3 is 5.97 Å². The molecule has 0 N–H and O–H groups in total. The smallest absolute Gasteiger partial charge is 0.305 e. The Kier molecular flexibility index (Phi) is 5.83. The zero-order valence-electron chi connectivity index (χ0n) is 12.5. The van der Waals surface area contributed by atoms with Gasteiger partial charge in [-0.05, 0) is 32.4 Å². The Labute approximate surface area is 121 Å². The van der Waals surface area contributed by atoms with Crippen LogP contribution in [-0.2, 0) is 14.3 Å². The fourth-order valence-corrected chi connectivity index (χ4v) is 2.97. The highest BCUT2D eigenvalue weighted by Crippen LogP contribution is 2.14. The van der Waals surface area contributed by atoms with Gasteiger partial charge in [0.1, 0.15) is 6.10 Å². The van der Waals surface area contributed by atoms with Crippen LogP contribution in [0.25, 0.3) is 0 Å². The highest BCUT2D eigenvalue weighted by atomic mass is 16.5. The van der Waals surface area contributed by atoms with Crippen molar-refractivity contribution in [2.75, 3.05) is 32.7 Å². The van der Waals surface area contributed by atoms with Gasteiger partial charge < -0.3 is 9.64 Å². The lowest BCUT2D eigenvalue weighted by atomic mass is 10.1. The monoisotopic (exact) mass is 282 g/mol. The topological polar surface area (TPSA) is 49.9 Å². The largest absolute Gasteiger partial charge is 0.459 e. The van der Waals surface area contributed by atoms with Gasteiger partial charge in [-0.1, -0.05) is 13.3 Å². The van der Waals surface area contributed by atoms with Gasteiger partial charge in [-0.3, -0.25) is 14.5 Å². The van der Waals surface area contributed by atoms with Gasteiger partial charge in [-0.25, -0.2) is 0 Å². The Balaban J connectivity index is 1.88. The van der Waals surface area contributed by atoms with E-state index >= 15 is 0 Å². The molecule has 2 rings (SSSR count). The maximum absolute atomic E-state index is 11.7. The zero-order valence-corrected chi connectivity index (χ0v) is 12.5. The van der Waals surface area contributed by atoms with Crippen LogP contribution in [0.15, 0.2) is 0 Å². The van der Waals surface area contributed by atoms with Crippen LogP contribution >= 0.6 is 0 Å². The van der Waals surface area contributed by atoms with E-state index in [-0.39, 0.29) is 18.0 Å². The van der Waals surface area contributed by atoms with Gasteiger partial charge in [0.05, 0.1) is 6.54 Å². The first-order chi connectivity index (χ1) is 9.69. The van der Waals surface area contributed by atoms with Crippen molar-refractivity contribution in [3.63, 3.8) is 0 Å². The average Bonchev–Trinajstić information content (AvgIpc) is 2.85. The summed E-state index contributed by atoms with van der Waals surface area (Å²) in [5.74, 6) is 0.0276. The minimum absolute atomic E-state index is 0.168. The van der Waals surface area contributed by atoms with Crippen LogP contribution in [0, 0.1) is 0 Å². The molecule has 1 unspecified atom stereocenters. The number of amides is 1. The Morgan fingerprint density at radius 3 is 2.50 bits per heavy atom. The summed E-state index contributed by atoms with van der Waals surface area (Å²) in [6.45, 7) is 6.08. The molecule has 114 valence electrons. The number of nitrogens with zero attached hydrogens (tertiary/aromatic N) is 2. The number of hydrogen-bond donors (Lipinski definition) is 0. The van der Waals surface area contributed by atoms with E-state index in [1.165, 1.54) is 19.3 Å². The van der Waals surface area contributed by atoms with E-state index in [1.54, 1.807) is 6.92 Å². The predicted molar refractivity (Wildman–Crippen MR) is 76.3 cm³/mol. The number of piperidine rings is 1. The number of ether oxygens (including phenoxy) is 1. The van der Waals surface area contributed by atoms with E-state index in [9.17, 15) is 9.59 Å². The van der Waals surface area contributed by atoms with Gasteiger partial charge in [0, 0.05) is 25.9 Å². The summed E-state index contributed by atoms with van der Waals surface area (Å²) in [5.41, 5.74) is 0. The summed E-state index contributed by atoms with van der Waals surface area (Å²) in [6.07, 6.45) is 5.51. The number of rotatable bonds is 6. The third-order valence-corrected chi connectivity index (χ3v) is 4.09. The van der Waals surface area contributed by atoms with Gasteiger partial charge in [-0.2, -0.15) is 0 Å². The van der Waals surface area contributed by atoms with Gasteiger partial charge in [-0.15, -0.1) is 0 Å². The molecule has 0 aliphatic carbocycles. The molecule has 2 aliphatic rings. The second-order valence-corrected chi connectivity index (χ2v) is 5.77. The molecule has 2 fully saturated rings. The van der Waals surface area contributed by atoms with Crippen LogP contribution in [0.5, 0.6) is 0 Å². The molecule has 20 heavy (non-hydrogen) atoms. The summed E-state index contributed by atoms with van der Waals surface area (Å²) in [5, 5.41) is 0. The second-order valence-electron chi connectivity index (χ2n) is 5.77. The SMILES string of the molecule is CCC(=O)OC(CN1CCCCC1)CN1CCCC1=O. The highest BCUT2D eigenvalue weighted by Gasteiger charge is 2.27. The molecule has 0 spiro atoms. The number of likely N-dealkylation sites (tertiary alicyclic amines) is 2. The summed E-state index contributed by atoms with van der Waals surface area (Å²) in [6, 6.07) is 0. The molecule has 0 saturated carbocycles. The first-order valence-electron chi connectivity index (χ1n) is 7.88. The van der Waals surface area contributed by atoms with Crippen LogP contribution < -0.4 is 0 Å². The summed E-state index contributed by atoms with van der Waals surface area (Å²) >= 11 is 0. The third kappa shape index (κ3) is 4.47. The van der Waals surface area contributed by atoms with Crippen molar-refractivity contribution >= 4 is 11.9 Å². The number of esters is 1. The minimum Gasteiger partial charge on any atom is -0.459 e. The fraction of sp³-hybridized carbons (Fsp3) is 0.867. The molecule has 0 radical (unpaired) electrons. The first kappa shape index (κ1) is 15.3. The Hall–Kier alpha value is -1.10. The lowest BCUT2D eigenvalue weighted by Gasteiger charge is -2.32. The predicted octanol–water partition coefficient (Wildman–Crippen LogP) is 1.42. The van der Waals surface area contributed by atoms with Crippen molar-refractivity contribution in [3.8, 4) is 0 Å². The maximum atomic E-state index is 11.7. The molecular weight excluding hydrogens is 256 g/mol. The molecule has 0 aromatic carbocycles. The standard InChI is InChI=1S/C15H26N2O3/c1-2-15(19)20-13(11-16-8-4-3-5-9-16)12-17-10-6-7-14(17)18/h13H,2-12H2,1H3. The highest BCUT2D eigenvalue weighted by molar-refractivity contribution is 5.78. The van der Waals surface area contributed by atoms with Crippen molar-refractivity contribution in [1.29, 1.82) is 0 Å². The quantitative estimate of drug-likeness (QED) is 0.691. The second kappa shape index (κ2) is 7.62. The third-order valence-electron chi connectivity index (χ3n) is 4.09. The van der Waals surface area contributed by atoms with Crippen LogP contribution in [0.1, 0.15) is 45.4 Å². The van der Waals surface area contributed by atoms with E-state index in [0.29, 0.717) is 19.4 Å². The van der Waals surface area contributed by atoms with Crippen LogP contribution in [0.2, 0.25) is 0 Å². The Morgan fingerprint density at radius 2 is 1.90 bits per heavy atom. The van der Waals surface area contributed by atoms with Crippen molar-refractivity contribution in [3.05, 3.63) is 0 Å². The molecule has 1 atom stereocenters. The zero-order chi connectivity index (χ0) is 14.4. The van der Waals surface area contributed by atoms with E-state index < -0.39 is 0 Å². The summed E-state index contributed by atoms with van der Waals surface area (Å²) in [7, 11) is 0. The van der Waals surface area contributed by atoms with E-state index in [1.807, 2.05) is 4.90 Å². The van der Waals surface area contributed by atoms with Gasteiger partial charge in [0.2, 0.25) is 5.91 Å². The van der Waals surface area contributed by atoms with E-state index in [4.69, 9.17) is 4.74 Å². The molecule has 2 saturated heterocycles. The van der Waals surface area contributed by atoms with Crippen LogP contribution in [0.3, 0.4) is 0 Å². The van der Waals surface area contributed by atoms with Crippen molar-refractivity contribution in [1.82, 2.24) is 9.80 Å². The van der Waals surface area contributed by atoms with Crippen molar-refractivity contribution < 1.29 is 14.3 Å². The molecule has 0 bridgehead atoms. The molecule has 2 heterocycles. The molecule has 5 heteroatoms. The van der Waals surface area contributed by atoms with Crippen LogP contribution in [-0.4, -0.2) is 60.5 Å². The first-order valence-corrected chi connectivity index (χ1v) is 7.88. The van der Waals surface area contributed by atoms with Crippen molar-refractivity contribution in [2.45, 2.75) is 51.6 Å². The molecule has 5 nitrogen and oxygen atoms in total.